The van der Waals surface area contributed by atoms with Gasteiger partial charge in [0.05, 0.1) is 5.75 Å². The van der Waals surface area contributed by atoms with Crippen LogP contribution in [-0.2, 0) is 11.8 Å². The van der Waals surface area contributed by atoms with Crippen LogP contribution in [0.2, 0.25) is 0 Å². The third-order valence-corrected chi connectivity index (χ3v) is 5.24. The highest BCUT2D eigenvalue weighted by molar-refractivity contribution is 7.99. The second kappa shape index (κ2) is 7.46. The molecule has 6 nitrogen and oxygen atoms in total. The molecule has 22 heavy (non-hydrogen) atoms. The predicted octanol–water partition coefficient (Wildman–Crippen LogP) is 1.68. The van der Waals surface area contributed by atoms with E-state index < -0.39 is 0 Å². The average molecular weight is 325 g/mol. The maximum atomic E-state index is 12.0. The molecule has 124 valence electrons. The van der Waals surface area contributed by atoms with E-state index in [0.717, 1.165) is 36.9 Å². The Balaban J connectivity index is 1.91. The molecule has 1 atom stereocenters. The number of aromatic nitrogens is 3. The number of piperidine rings is 1. The first-order valence-electron chi connectivity index (χ1n) is 7.97. The molecule has 1 saturated heterocycles. The highest BCUT2D eigenvalue weighted by atomic mass is 32.2. The van der Waals surface area contributed by atoms with Gasteiger partial charge in [-0.25, -0.2) is 0 Å². The van der Waals surface area contributed by atoms with Crippen molar-refractivity contribution >= 4 is 17.7 Å². The molecular formula is C15H27N5OS. The van der Waals surface area contributed by atoms with Gasteiger partial charge < -0.3 is 15.2 Å². The van der Waals surface area contributed by atoms with Crippen molar-refractivity contribution in [1.82, 2.24) is 25.4 Å². The van der Waals surface area contributed by atoms with Gasteiger partial charge in [0.15, 0.2) is 5.16 Å². The molecule has 0 aromatic carbocycles. The van der Waals surface area contributed by atoms with Crippen molar-refractivity contribution in [3.63, 3.8) is 0 Å². The summed E-state index contributed by atoms with van der Waals surface area (Å²) in [4.78, 5) is 12.0. The van der Waals surface area contributed by atoms with E-state index in [1.54, 1.807) is 0 Å². The third kappa shape index (κ3) is 4.46. The van der Waals surface area contributed by atoms with Gasteiger partial charge in [0.25, 0.3) is 0 Å². The van der Waals surface area contributed by atoms with E-state index in [-0.39, 0.29) is 11.4 Å². The zero-order valence-electron chi connectivity index (χ0n) is 14.0. The van der Waals surface area contributed by atoms with E-state index in [9.17, 15) is 4.79 Å². The van der Waals surface area contributed by atoms with Crippen LogP contribution in [-0.4, -0.2) is 45.1 Å². The average Bonchev–Trinajstić information content (AvgIpc) is 2.87. The standard InChI is InChI=1S/C15H27N5OS/c1-5-15(2,3)17-12(21)10-22-14-19-18-13(20(14)4)11-7-6-8-16-9-11/h11,16H,5-10H2,1-4H3,(H,17,21)/t11-/m1/s1. The Morgan fingerprint density at radius 1 is 1.50 bits per heavy atom. The molecular weight excluding hydrogens is 298 g/mol. The second-order valence-electron chi connectivity index (χ2n) is 6.52. The summed E-state index contributed by atoms with van der Waals surface area (Å²) in [6.45, 7) is 8.18. The molecule has 1 amide bonds. The Morgan fingerprint density at radius 3 is 2.91 bits per heavy atom. The Bertz CT molecular complexity index is 508. The fourth-order valence-corrected chi connectivity index (χ4v) is 3.23. The number of amides is 1. The summed E-state index contributed by atoms with van der Waals surface area (Å²) in [6.07, 6.45) is 3.23. The lowest BCUT2D eigenvalue weighted by atomic mass is 9.99. The van der Waals surface area contributed by atoms with Crippen molar-refractivity contribution < 1.29 is 4.79 Å². The van der Waals surface area contributed by atoms with E-state index >= 15 is 0 Å². The van der Waals surface area contributed by atoms with Gasteiger partial charge in [-0.15, -0.1) is 10.2 Å². The molecule has 1 fully saturated rings. The number of thioether (sulfide) groups is 1. The van der Waals surface area contributed by atoms with Crippen molar-refractivity contribution in [2.45, 2.75) is 56.6 Å². The van der Waals surface area contributed by atoms with E-state index in [4.69, 9.17) is 0 Å². The van der Waals surface area contributed by atoms with Gasteiger partial charge in [-0.2, -0.15) is 0 Å². The fourth-order valence-electron chi connectivity index (χ4n) is 2.51. The number of nitrogens with zero attached hydrogens (tertiary/aromatic N) is 3. The molecule has 1 aromatic rings. The molecule has 1 aliphatic heterocycles. The van der Waals surface area contributed by atoms with E-state index in [2.05, 4.69) is 27.8 Å². The minimum atomic E-state index is -0.156. The topological polar surface area (TPSA) is 71.8 Å². The first-order valence-corrected chi connectivity index (χ1v) is 8.95. The van der Waals surface area contributed by atoms with Crippen LogP contribution in [0.25, 0.3) is 0 Å². The summed E-state index contributed by atoms with van der Waals surface area (Å²) in [6, 6.07) is 0. The van der Waals surface area contributed by atoms with Gasteiger partial charge in [-0.05, 0) is 39.7 Å². The van der Waals surface area contributed by atoms with Crippen LogP contribution in [0.5, 0.6) is 0 Å². The normalized spacial score (nSPS) is 19.2. The first kappa shape index (κ1) is 17.3. The van der Waals surface area contributed by atoms with Crippen LogP contribution in [0.15, 0.2) is 5.16 Å². The van der Waals surface area contributed by atoms with Crippen molar-refractivity contribution in [1.29, 1.82) is 0 Å². The minimum Gasteiger partial charge on any atom is -0.351 e. The van der Waals surface area contributed by atoms with Gasteiger partial charge in [0, 0.05) is 25.0 Å². The number of rotatable bonds is 6. The first-order chi connectivity index (χ1) is 10.4. The molecule has 1 aliphatic rings. The van der Waals surface area contributed by atoms with Crippen LogP contribution < -0.4 is 10.6 Å². The Labute approximate surface area is 136 Å². The van der Waals surface area contributed by atoms with E-state index in [0.29, 0.717) is 11.7 Å². The summed E-state index contributed by atoms with van der Waals surface area (Å²) in [7, 11) is 1.99. The van der Waals surface area contributed by atoms with Gasteiger partial charge in [0.1, 0.15) is 5.82 Å². The fraction of sp³-hybridized carbons (Fsp3) is 0.800. The lowest BCUT2D eigenvalue weighted by Gasteiger charge is -2.24. The van der Waals surface area contributed by atoms with Crippen molar-refractivity contribution in [2.24, 2.45) is 7.05 Å². The summed E-state index contributed by atoms with van der Waals surface area (Å²) >= 11 is 1.45. The molecule has 1 aromatic heterocycles. The van der Waals surface area contributed by atoms with Crippen LogP contribution in [0.3, 0.4) is 0 Å². The summed E-state index contributed by atoms with van der Waals surface area (Å²) in [5.41, 5.74) is -0.156. The predicted molar refractivity (Wildman–Crippen MR) is 89.1 cm³/mol. The molecule has 2 rings (SSSR count). The second-order valence-corrected chi connectivity index (χ2v) is 7.46. The minimum absolute atomic E-state index is 0.0423. The van der Waals surface area contributed by atoms with Crippen molar-refractivity contribution in [2.75, 3.05) is 18.8 Å². The smallest absolute Gasteiger partial charge is 0.230 e. The van der Waals surface area contributed by atoms with E-state index in [1.807, 2.05) is 25.5 Å². The summed E-state index contributed by atoms with van der Waals surface area (Å²) in [5.74, 6) is 1.86. The lowest BCUT2D eigenvalue weighted by molar-refractivity contribution is -0.120. The molecule has 2 heterocycles. The SMILES string of the molecule is CCC(C)(C)NC(=O)CSc1nnc([C@@H]2CCCNC2)n1C. The van der Waals surface area contributed by atoms with Crippen LogP contribution in [0.4, 0.5) is 0 Å². The molecule has 7 heteroatoms. The lowest BCUT2D eigenvalue weighted by Crippen LogP contribution is -2.43. The summed E-state index contributed by atoms with van der Waals surface area (Å²) in [5, 5.41) is 15.8. The Hall–Kier alpha value is -1.08. The summed E-state index contributed by atoms with van der Waals surface area (Å²) < 4.78 is 2.03. The Morgan fingerprint density at radius 2 is 2.27 bits per heavy atom. The zero-order chi connectivity index (χ0) is 16.2. The highest BCUT2D eigenvalue weighted by Gasteiger charge is 2.23. The molecule has 0 bridgehead atoms. The highest BCUT2D eigenvalue weighted by Crippen LogP contribution is 2.24. The number of hydrogen-bond acceptors (Lipinski definition) is 5. The monoisotopic (exact) mass is 325 g/mol. The third-order valence-electron chi connectivity index (χ3n) is 4.22. The van der Waals surface area contributed by atoms with Gasteiger partial charge in [0.2, 0.25) is 5.91 Å². The molecule has 2 N–H and O–H groups in total. The molecule has 0 aliphatic carbocycles. The Kier molecular flexibility index (Phi) is 5.86. The number of carbonyl (C=O) groups excluding carboxylic acids is 1. The maximum Gasteiger partial charge on any atom is 0.230 e. The number of nitrogens with one attached hydrogen (secondary N) is 2. The molecule has 0 unspecified atom stereocenters. The molecule has 0 spiro atoms. The van der Waals surface area contributed by atoms with Crippen LogP contribution >= 0.6 is 11.8 Å². The van der Waals surface area contributed by atoms with Crippen LogP contribution in [0, 0.1) is 0 Å². The van der Waals surface area contributed by atoms with Gasteiger partial charge in [-0.1, -0.05) is 18.7 Å². The van der Waals surface area contributed by atoms with Crippen LogP contribution in [0.1, 0.15) is 51.8 Å². The zero-order valence-corrected chi connectivity index (χ0v) is 14.8. The van der Waals surface area contributed by atoms with E-state index in [1.165, 1.54) is 18.2 Å². The molecule has 0 radical (unpaired) electrons. The number of hydrogen-bond donors (Lipinski definition) is 2. The van der Waals surface area contributed by atoms with Crippen molar-refractivity contribution in [3.8, 4) is 0 Å². The molecule has 0 saturated carbocycles. The quantitative estimate of drug-likeness (QED) is 0.779. The number of carbonyl (C=O) groups is 1. The van der Waals surface area contributed by atoms with Crippen molar-refractivity contribution in [3.05, 3.63) is 5.82 Å². The van der Waals surface area contributed by atoms with Gasteiger partial charge in [-0.3, -0.25) is 4.79 Å². The van der Waals surface area contributed by atoms with Gasteiger partial charge >= 0.3 is 0 Å². The largest absolute Gasteiger partial charge is 0.351 e. The maximum absolute atomic E-state index is 12.0.